The summed E-state index contributed by atoms with van der Waals surface area (Å²) >= 11 is 0. The molecule has 0 aliphatic carbocycles. The fourth-order valence-electron chi connectivity index (χ4n) is 0.164. The van der Waals surface area contributed by atoms with Crippen LogP contribution in [0, 0.1) is 0 Å². The summed E-state index contributed by atoms with van der Waals surface area (Å²) in [4.78, 5) is 0. The average molecular weight is 62.1 g/mol. The summed E-state index contributed by atoms with van der Waals surface area (Å²) in [6, 6.07) is 0. The molecule has 0 aromatic heterocycles. The lowest BCUT2D eigenvalue weighted by Crippen LogP contribution is -1.86. The van der Waals surface area contributed by atoms with E-state index in [0.29, 0.717) is 6.61 Å². The van der Waals surface area contributed by atoms with Crippen LogP contribution in [0.4, 0.5) is 0 Å². The molecular formula is C3H5O2. The third kappa shape index (κ3) is 0.597. The maximum Gasteiger partial charge on any atom is 0.111 e. The molecule has 0 aromatic carbocycles. The molecule has 1 saturated heterocycles. The predicted molar refractivity (Wildman–Crippen MR) is 15.3 cm³/mol. The zero-order valence-electron chi connectivity index (χ0n) is 2.81. The number of epoxide rings is 1. The molecule has 1 aliphatic heterocycles. The second-order valence-corrected chi connectivity index (χ2v) is 1.12. The van der Waals surface area contributed by atoms with Crippen LogP contribution in [0.2, 0.25) is 0 Å². The van der Waals surface area contributed by atoms with Gasteiger partial charge in [-0.2, -0.15) is 0 Å². The lowest BCUT2D eigenvalue weighted by molar-refractivity contribution is 0.164. The Bertz CT molecular complexity index is 31.9. The van der Waals surface area contributed by atoms with Crippen LogP contribution in [0.15, 0.2) is 0 Å². The molecule has 0 spiro atoms. The van der Waals surface area contributed by atoms with Gasteiger partial charge in [-0.25, -0.2) is 5.11 Å². The molecule has 1 radical (unpaired) electrons. The van der Waals surface area contributed by atoms with E-state index < -0.39 is 0 Å². The van der Waals surface area contributed by atoms with Crippen molar-refractivity contribution in [3.63, 3.8) is 0 Å². The lowest BCUT2D eigenvalue weighted by atomic mass is 4.86. The number of rotatable bonds is 1. The molecule has 1 fully saturated rings. The fourth-order valence-corrected chi connectivity index (χ4v) is 0.164. The van der Waals surface area contributed by atoms with Crippen LogP contribution in [0.25, 0.3) is 0 Å². The molecule has 5 heavy (non-hydrogen) atoms. The van der Waals surface area contributed by atoms with Crippen molar-refractivity contribution in [2.45, 2.75) is 6.10 Å². The van der Waals surface area contributed by atoms with Crippen molar-refractivity contribution in [3.8, 4) is 0 Å². The zero-order valence-corrected chi connectivity index (χ0v) is 2.81. The van der Waals surface area contributed by atoms with Crippen molar-refractivity contribution >= 4 is 0 Å². The normalized spacial score (nSPS) is 34.2. The van der Waals surface area contributed by atoms with Crippen LogP contribution >= 0.6 is 0 Å². The van der Waals surface area contributed by atoms with Crippen molar-refractivity contribution in [1.82, 2.24) is 0 Å². The van der Waals surface area contributed by atoms with Gasteiger partial charge in [0.2, 0.25) is 0 Å². The molecule has 0 bridgehead atoms. The van der Waals surface area contributed by atoms with Gasteiger partial charge < -0.3 is 4.74 Å². The second-order valence-electron chi connectivity index (χ2n) is 1.12. The van der Waals surface area contributed by atoms with Crippen LogP contribution in [0.1, 0.15) is 0 Å². The van der Waals surface area contributed by atoms with Crippen LogP contribution in [-0.2, 0) is 9.84 Å². The largest absolute Gasteiger partial charge is 0.370 e. The van der Waals surface area contributed by atoms with Gasteiger partial charge in [0.25, 0.3) is 0 Å². The standard InChI is InChI=1S/C3H5O2/c4-1-3-2-5-3/h3H,1-2H2/i4-11. The molecular weight excluding hydrogens is 57.0 g/mol. The van der Waals surface area contributed by atoms with E-state index in [9.17, 15) is 5.11 Å². The number of hydrogen-bond donors (Lipinski definition) is 0. The van der Waals surface area contributed by atoms with Gasteiger partial charge in [0.1, 0.15) is 12.7 Å². The van der Waals surface area contributed by atoms with Crippen molar-refractivity contribution in [1.29, 1.82) is 0 Å². The maximum atomic E-state index is 9.57. The third-order valence-corrected chi connectivity index (χ3v) is 0.588. The minimum absolute atomic E-state index is 0.0556. The van der Waals surface area contributed by atoms with Crippen molar-refractivity contribution in [2.75, 3.05) is 13.2 Å². The number of hydrogen-bond acceptors (Lipinski definition) is 1. The van der Waals surface area contributed by atoms with E-state index in [4.69, 9.17) is 0 Å². The van der Waals surface area contributed by atoms with Gasteiger partial charge in [-0.3, -0.25) is 0 Å². The first-order valence-electron chi connectivity index (χ1n) is 1.63. The molecule has 29 valence electrons. The van der Waals surface area contributed by atoms with Gasteiger partial charge in [-0.15, -0.1) is 0 Å². The summed E-state index contributed by atoms with van der Waals surface area (Å²) in [7, 11) is 0. The van der Waals surface area contributed by atoms with Gasteiger partial charge in [0.15, 0.2) is 0 Å². The first-order chi connectivity index (χ1) is 2.43. The molecule has 1 heterocycles. The highest BCUT2D eigenvalue weighted by atomic mass is 16.6. The molecule has 1 atom stereocenters. The Labute approximate surface area is 30.4 Å². The Hall–Kier alpha value is -0.0800. The molecule has 0 amide bonds. The Morgan fingerprint density at radius 1 is 2.00 bits per heavy atom. The summed E-state index contributed by atoms with van der Waals surface area (Å²) in [5.41, 5.74) is 0. The molecule has 0 saturated carbocycles. The first-order valence-corrected chi connectivity index (χ1v) is 1.63. The van der Waals surface area contributed by atoms with Gasteiger partial charge >= 0.3 is 0 Å². The zero-order chi connectivity index (χ0) is 3.70. The molecule has 1 unspecified atom stereocenters. The van der Waals surface area contributed by atoms with Gasteiger partial charge in [0.05, 0.1) is 6.61 Å². The Kier molecular flexibility index (Phi) is 0.596. The SMILES string of the molecule is [5O]CC1CO1. The minimum atomic E-state index is -0.0556. The molecule has 0 aromatic rings. The summed E-state index contributed by atoms with van der Waals surface area (Å²) in [5, 5.41) is 9.57. The van der Waals surface area contributed by atoms with E-state index in [-0.39, 0.29) is 12.7 Å². The summed E-state index contributed by atoms with van der Waals surface area (Å²) in [5.74, 6) is 0. The first kappa shape index (κ1) is 3.12. The monoisotopic (exact) mass is 62.0 g/mol. The van der Waals surface area contributed by atoms with E-state index in [1.165, 1.54) is 0 Å². The van der Waals surface area contributed by atoms with Gasteiger partial charge in [0, 0.05) is 0 Å². The molecule has 0 N–H and O–H groups in total. The van der Waals surface area contributed by atoms with E-state index >= 15 is 0 Å². The highest BCUT2D eigenvalue weighted by molar-refractivity contribution is 4.64. The van der Waals surface area contributed by atoms with Crippen molar-refractivity contribution in [3.05, 3.63) is 0 Å². The minimum Gasteiger partial charge on any atom is -0.370 e. The Morgan fingerprint density at radius 3 is 2.60 bits per heavy atom. The van der Waals surface area contributed by atoms with E-state index in [1.54, 1.807) is 0 Å². The van der Waals surface area contributed by atoms with Crippen LogP contribution < -0.4 is 0 Å². The van der Waals surface area contributed by atoms with Crippen LogP contribution in [-0.4, -0.2) is 19.3 Å². The Morgan fingerprint density at radius 2 is 2.60 bits per heavy atom. The summed E-state index contributed by atoms with van der Waals surface area (Å²) < 4.78 is 4.55. The quantitative estimate of drug-likeness (QED) is 0.388. The van der Waals surface area contributed by atoms with Gasteiger partial charge in [-0.05, 0) is 0 Å². The van der Waals surface area contributed by atoms with E-state index in [1.807, 2.05) is 0 Å². The topological polar surface area (TPSA) is 32.4 Å². The van der Waals surface area contributed by atoms with Gasteiger partial charge in [-0.1, -0.05) is 0 Å². The second kappa shape index (κ2) is 0.954. The Balaban J connectivity index is 2.00. The highest BCUT2D eigenvalue weighted by Gasteiger charge is 2.20. The summed E-state index contributed by atoms with van der Waals surface area (Å²) in [6.45, 7) is 0.642. The van der Waals surface area contributed by atoms with E-state index in [2.05, 4.69) is 4.74 Å². The van der Waals surface area contributed by atoms with Crippen LogP contribution in [0.5, 0.6) is 0 Å². The molecule has 1 aliphatic rings. The smallest absolute Gasteiger partial charge is 0.111 e. The molecule has 2 heteroatoms. The lowest BCUT2D eigenvalue weighted by Gasteiger charge is -1.66. The van der Waals surface area contributed by atoms with Crippen molar-refractivity contribution in [2.24, 2.45) is 0 Å². The third-order valence-electron chi connectivity index (χ3n) is 0.588. The molecule has 2 nitrogen and oxygen atoms in total. The predicted octanol–water partition coefficient (Wildman–Crippen LogP) is -0.184. The maximum absolute atomic E-state index is 9.57. The number of ether oxygens (including phenoxy) is 1. The molecule has 1 rings (SSSR count). The van der Waals surface area contributed by atoms with Crippen molar-refractivity contribution < 1.29 is 9.84 Å². The average Bonchev–Trinajstić information content (AvgIpc) is 2.12. The highest BCUT2D eigenvalue weighted by Crippen LogP contribution is 2.05. The van der Waals surface area contributed by atoms with Crippen LogP contribution in [0.3, 0.4) is 0 Å². The fraction of sp³-hybridized carbons (Fsp3) is 1.00. The van der Waals surface area contributed by atoms with E-state index in [0.717, 1.165) is 0 Å². The summed E-state index contributed by atoms with van der Waals surface area (Å²) in [6.07, 6.45) is 0.0787.